The first-order chi connectivity index (χ1) is 14.2. The summed E-state index contributed by atoms with van der Waals surface area (Å²) in [6.45, 7) is 2.50. The highest BCUT2D eigenvalue weighted by molar-refractivity contribution is 6.04. The molecule has 2 heterocycles. The van der Waals surface area contributed by atoms with Crippen LogP contribution in [0.5, 0.6) is 5.75 Å². The van der Waals surface area contributed by atoms with Crippen molar-refractivity contribution in [3.63, 3.8) is 0 Å². The summed E-state index contributed by atoms with van der Waals surface area (Å²) in [6, 6.07) is 18.9. The third-order valence-electron chi connectivity index (χ3n) is 4.36. The molecule has 4 rings (SSSR count). The van der Waals surface area contributed by atoms with Gasteiger partial charge in [0.2, 0.25) is 0 Å². The van der Waals surface area contributed by atoms with Crippen LogP contribution in [-0.4, -0.2) is 20.4 Å². The molecular formula is C23H20N4O2. The lowest BCUT2D eigenvalue weighted by Gasteiger charge is -2.10. The van der Waals surface area contributed by atoms with Crippen molar-refractivity contribution in [3.8, 4) is 11.6 Å². The third-order valence-corrected chi connectivity index (χ3v) is 4.36. The van der Waals surface area contributed by atoms with Gasteiger partial charge >= 0.3 is 0 Å². The number of hydrogen-bond acceptors (Lipinski definition) is 4. The highest BCUT2D eigenvalue weighted by Crippen LogP contribution is 2.17. The molecule has 2 aromatic carbocycles. The van der Waals surface area contributed by atoms with Crippen molar-refractivity contribution in [3.05, 3.63) is 102 Å². The van der Waals surface area contributed by atoms with Crippen LogP contribution in [-0.2, 0) is 6.61 Å². The van der Waals surface area contributed by atoms with Crippen molar-refractivity contribution in [2.45, 2.75) is 13.5 Å². The molecule has 29 heavy (non-hydrogen) atoms. The van der Waals surface area contributed by atoms with Gasteiger partial charge in [0.25, 0.3) is 5.91 Å². The Kier molecular flexibility index (Phi) is 5.33. The molecule has 0 unspecified atom stereocenters. The average molecular weight is 384 g/mol. The molecule has 0 aliphatic carbocycles. The van der Waals surface area contributed by atoms with E-state index in [0.29, 0.717) is 23.6 Å². The van der Waals surface area contributed by atoms with E-state index in [1.807, 2.05) is 43.5 Å². The standard InChI is InChI=1S/C23H20N4O2/c1-17-4-2-5-18(12-17)15-29-21-7-3-6-19(13-21)23(28)26-20-8-9-22(25-14-20)27-11-10-24-16-27/h2-14,16H,15H2,1H3,(H,26,28). The summed E-state index contributed by atoms with van der Waals surface area (Å²) in [7, 11) is 0. The monoisotopic (exact) mass is 384 g/mol. The summed E-state index contributed by atoms with van der Waals surface area (Å²) in [6.07, 6.45) is 6.78. The van der Waals surface area contributed by atoms with Gasteiger partial charge in [0.15, 0.2) is 0 Å². The van der Waals surface area contributed by atoms with Crippen molar-refractivity contribution in [2.24, 2.45) is 0 Å². The average Bonchev–Trinajstić information content (AvgIpc) is 3.28. The van der Waals surface area contributed by atoms with E-state index >= 15 is 0 Å². The molecule has 0 saturated carbocycles. The van der Waals surface area contributed by atoms with Crippen LogP contribution in [0, 0.1) is 6.92 Å². The van der Waals surface area contributed by atoms with Gasteiger partial charge < -0.3 is 10.1 Å². The van der Waals surface area contributed by atoms with Gasteiger partial charge in [-0.3, -0.25) is 9.36 Å². The van der Waals surface area contributed by atoms with Crippen LogP contribution >= 0.6 is 0 Å². The quantitative estimate of drug-likeness (QED) is 0.535. The second-order valence-electron chi connectivity index (χ2n) is 6.63. The number of nitrogens with zero attached hydrogens (tertiary/aromatic N) is 3. The largest absolute Gasteiger partial charge is 0.489 e. The van der Waals surface area contributed by atoms with E-state index in [0.717, 1.165) is 11.4 Å². The van der Waals surface area contributed by atoms with Crippen LogP contribution in [0.2, 0.25) is 0 Å². The maximum absolute atomic E-state index is 12.6. The Morgan fingerprint density at radius 2 is 2.00 bits per heavy atom. The fourth-order valence-electron chi connectivity index (χ4n) is 2.91. The SMILES string of the molecule is Cc1cccc(COc2cccc(C(=O)Nc3ccc(-n4ccnc4)nc3)c2)c1. The van der Waals surface area contributed by atoms with Crippen LogP contribution in [0.4, 0.5) is 5.69 Å². The van der Waals surface area contributed by atoms with Gasteiger partial charge in [0, 0.05) is 18.0 Å². The zero-order chi connectivity index (χ0) is 20.1. The van der Waals surface area contributed by atoms with Crippen LogP contribution in [0.15, 0.2) is 85.6 Å². The summed E-state index contributed by atoms with van der Waals surface area (Å²) in [4.78, 5) is 20.9. The van der Waals surface area contributed by atoms with E-state index in [1.54, 1.807) is 47.6 Å². The molecule has 0 aliphatic rings. The Morgan fingerprint density at radius 1 is 1.10 bits per heavy atom. The van der Waals surface area contributed by atoms with Gasteiger partial charge in [-0.15, -0.1) is 0 Å². The summed E-state index contributed by atoms with van der Waals surface area (Å²) in [5.74, 6) is 1.16. The molecule has 0 radical (unpaired) electrons. The first-order valence-electron chi connectivity index (χ1n) is 9.21. The Labute approximate surface area is 168 Å². The topological polar surface area (TPSA) is 69.0 Å². The number of hydrogen-bond donors (Lipinski definition) is 1. The summed E-state index contributed by atoms with van der Waals surface area (Å²) in [5, 5.41) is 2.86. The lowest BCUT2D eigenvalue weighted by Crippen LogP contribution is -2.12. The predicted molar refractivity (Wildman–Crippen MR) is 111 cm³/mol. The first kappa shape index (κ1) is 18.4. The van der Waals surface area contributed by atoms with Crippen molar-refractivity contribution >= 4 is 11.6 Å². The molecule has 1 amide bonds. The molecule has 1 N–H and O–H groups in total. The second-order valence-corrected chi connectivity index (χ2v) is 6.63. The number of anilines is 1. The van der Waals surface area contributed by atoms with E-state index < -0.39 is 0 Å². The van der Waals surface area contributed by atoms with Gasteiger partial charge in [-0.05, 0) is 42.8 Å². The van der Waals surface area contributed by atoms with Crippen molar-refractivity contribution in [1.82, 2.24) is 14.5 Å². The van der Waals surface area contributed by atoms with Crippen LogP contribution in [0.3, 0.4) is 0 Å². The van der Waals surface area contributed by atoms with Crippen LogP contribution in [0.1, 0.15) is 21.5 Å². The third kappa shape index (κ3) is 4.68. The molecule has 0 spiro atoms. The molecule has 2 aromatic heterocycles. The van der Waals surface area contributed by atoms with E-state index in [9.17, 15) is 4.79 Å². The van der Waals surface area contributed by atoms with E-state index in [-0.39, 0.29) is 5.91 Å². The number of nitrogens with one attached hydrogen (secondary N) is 1. The van der Waals surface area contributed by atoms with Gasteiger partial charge in [0.05, 0.1) is 11.9 Å². The van der Waals surface area contributed by atoms with Crippen molar-refractivity contribution < 1.29 is 9.53 Å². The number of pyridine rings is 1. The Balaban J connectivity index is 1.40. The van der Waals surface area contributed by atoms with Crippen LogP contribution < -0.4 is 10.1 Å². The van der Waals surface area contributed by atoms with E-state index in [2.05, 4.69) is 21.4 Å². The molecule has 0 bridgehead atoms. The molecule has 0 aliphatic heterocycles. The molecule has 6 nitrogen and oxygen atoms in total. The van der Waals surface area contributed by atoms with Crippen molar-refractivity contribution in [2.75, 3.05) is 5.32 Å². The molecule has 0 saturated heterocycles. The molecule has 144 valence electrons. The number of aryl methyl sites for hydroxylation is 1. The molecule has 6 heteroatoms. The number of imidazole rings is 1. The minimum absolute atomic E-state index is 0.219. The zero-order valence-corrected chi connectivity index (χ0v) is 15.9. The fourth-order valence-corrected chi connectivity index (χ4v) is 2.91. The number of amides is 1. The minimum atomic E-state index is -0.219. The number of ether oxygens (including phenoxy) is 1. The second kappa shape index (κ2) is 8.39. The Morgan fingerprint density at radius 3 is 2.76 bits per heavy atom. The van der Waals surface area contributed by atoms with Gasteiger partial charge in [-0.25, -0.2) is 9.97 Å². The summed E-state index contributed by atoms with van der Waals surface area (Å²) < 4.78 is 7.64. The highest BCUT2D eigenvalue weighted by atomic mass is 16.5. The lowest BCUT2D eigenvalue weighted by atomic mass is 10.1. The maximum Gasteiger partial charge on any atom is 0.255 e. The number of carbonyl (C=O) groups is 1. The van der Waals surface area contributed by atoms with E-state index in [1.165, 1.54) is 5.56 Å². The van der Waals surface area contributed by atoms with Crippen LogP contribution in [0.25, 0.3) is 5.82 Å². The fraction of sp³-hybridized carbons (Fsp3) is 0.0870. The predicted octanol–water partition coefficient (Wildman–Crippen LogP) is 4.41. The molecule has 0 atom stereocenters. The number of rotatable bonds is 6. The number of aromatic nitrogens is 3. The highest BCUT2D eigenvalue weighted by Gasteiger charge is 2.08. The number of carbonyl (C=O) groups excluding carboxylic acids is 1. The minimum Gasteiger partial charge on any atom is -0.489 e. The smallest absolute Gasteiger partial charge is 0.255 e. The number of benzene rings is 2. The van der Waals surface area contributed by atoms with Gasteiger partial charge in [-0.2, -0.15) is 0 Å². The zero-order valence-electron chi connectivity index (χ0n) is 15.9. The molecule has 0 fully saturated rings. The van der Waals surface area contributed by atoms with E-state index in [4.69, 9.17) is 4.74 Å². The molecule has 4 aromatic rings. The Bertz CT molecular complexity index is 1110. The Hall–Kier alpha value is -3.93. The van der Waals surface area contributed by atoms with Gasteiger partial charge in [0.1, 0.15) is 24.5 Å². The first-order valence-corrected chi connectivity index (χ1v) is 9.21. The summed E-state index contributed by atoms with van der Waals surface area (Å²) in [5.41, 5.74) is 3.41. The lowest BCUT2D eigenvalue weighted by molar-refractivity contribution is 0.102. The maximum atomic E-state index is 12.6. The summed E-state index contributed by atoms with van der Waals surface area (Å²) >= 11 is 0. The van der Waals surface area contributed by atoms with Gasteiger partial charge in [-0.1, -0.05) is 35.9 Å². The normalized spacial score (nSPS) is 10.5. The van der Waals surface area contributed by atoms with Crippen molar-refractivity contribution in [1.29, 1.82) is 0 Å². The molecular weight excluding hydrogens is 364 g/mol.